The van der Waals surface area contributed by atoms with Crippen molar-refractivity contribution in [2.45, 2.75) is 13.8 Å². The number of benzene rings is 1. The maximum absolute atomic E-state index is 6.09. The number of fused-ring (bicyclic) bond motifs is 2. The summed E-state index contributed by atoms with van der Waals surface area (Å²) in [5.74, 6) is 2.04. The van der Waals surface area contributed by atoms with Crippen LogP contribution in [-0.4, -0.2) is 29.5 Å². The number of nitrogens with one attached hydrogen (secondary N) is 1. The Morgan fingerprint density at radius 3 is 2.73 bits per heavy atom. The molecule has 1 aromatic carbocycles. The lowest BCUT2D eigenvalue weighted by molar-refractivity contribution is 0.478. The van der Waals surface area contributed by atoms with Gasteiger partial charge in [-0.2, -0.15) is 5.10 Å². The quantitative estimate of drug-likeness (QED) is 0.417. The second-order valence-corrected chi connectivity index (χ2v) is 7.18. The zero-order valence-electron chi connectivity index (χ0n) is 16.2. The SMILES string of the molecule is Cc1cc(Nc2ncnc3ccc(Cl)nc23)ccc1Oc1cc(C)n2ncnc2c1. The van der Waals surface area contributed by atoms with E-state index in [4.69, 9.17) is 16.3 Å². The van der Waals surface area contributed by atoms with Crippen LogP contribution in [0.1, 0.15) is 11.3 Å². The number of halogens is 1. The summed E-state index contributed by atoms with van der Waals surface area (Å²) >= 11 is 6.04. The Morgan fingerprint density at radius 1 is 0.967 bits per heavy atom. The van der Waals surface area contributed by atoms with Crippen LogP contribution in [-0.2, 0) is 0 Å². The van der Waals surface area contributed by atoms with Gasteiger partial charge in [-0.1, -0.05) is 11.6 Å². The molecule has 0 saturated heterocycles. The van der Waals surface area contributed by atoms with Gasteiger partial charge in [-0.3, -0.25) is 0 Å². The standard InChI is InChI=1S/C21H16ClN7O/c1-12-7-14(27-21-20-16(23-10-25-21)4-6-18(22)28-20)3-5-17(12)30-15-8-13(2)29-19(9-15)24-11-26-29/h3-11H,1-2H3,(H,23,25,27). The van der Waals surface area contributed by atoms with E-state index in [1.807, 2.05) is 50.2 Å². The highest BCUT2D eigenvalue weighted by Gasteiger charge is 2.10. The van der Waals surface area contributed by atoms with Gasteiger partial charge in [0.2, 0.25) is 0 Å². The van der Waals surface area contributed by atoms with Crippen LogP contribution in [0, 0.1) is 13.8 Å². The van der Waals surface area contributed by atoms with Gasteiger partial charge >= 0.3 is 0 Å². The van der Waals surface area contributed by atoms with Crippen molar-refractivity contribution in [1.29, 1.82) is 0 Å². The number of anilines is 2. The topological polar surface area (TPSA) is 90.1 Å². The van der Waals surface area contributed by atoms with Crippen molar-refractivity contribution in [2.75, 3.05) is 5.32 Å². The molecule has 0 fully saturated rings. The van der Waals surface area contributed by atoms with Gasteiger partial charge in [0.05, 0.1) is 5.52 Å². The van der Waals surface area contributed by atoms with Crippen molar-refractivity contribution < 1.29 is 4.74 Å². The molecule has 30 heavy (non-hydrogen) atoms. The van der Waals surface area contributed by atoms with Crippen molar-refractivity contribution in [3.8, 4) is 11.5 Å². The molecule has 148 valence electrons. The number of aryl methyl sites for hydroxylation is 2. The van der Waals surface area contributed by atoms with E-state index in [1.165, 1.54) is 12.7 Å². The highest BCUT2D eigenvalue weighted by atomic mass is 35.5. The Kier molecular flexibility index (Phi) is 4.40. The van der Waals surface area contributed by atoms with Gasteiger partial charge in [0, 0.05) is 23.5 Å². The van der Waals surface area contributed by atoms with Gasteiger partial charge in [-0.05, 0) is 49.7 Å². The normalized spacial score (nSPS) is 11.2. The Labute approximate surface area is 176 Å². The summed E-state index contributed by atoms with van der Waals surface area (Å²) in [5.41, 5.74) is 4.82. The minimum Gasteiger partial charge on any atom is -0.457 e. The third-order valence-electron chi connectivity index (χ3n) is 4.64. The predicted molar refractivity (Wildman–Crippen MR) is 115 cm³/mol. The smallest absolute Gasteiger partial charge is 0.160 e. The molecular weight excluding hydrogens is 402 g/mol. The van der Waals surface area contributed by atoms with E-state index in [0.29, 0.717) is 27.8 Å². The molecule has 0 amide bonds. The lowest BCUT2D eigenvalue weighted by atomic mass is 10.2. The lowest BCUT2D eigenvalue weighted by Crippen LogP contribution is -1.99. The fraction of sp³-hybridized carbons (Fsp3) is 0.0952. The molecule has 0 atom stereocenters. The maximum Gasteiger partial charge on any atom is 0.160 e. The van der Waals surface area contributed by atoms with Gasteiger partial charge < -0.3 is 10.1 Å². The average molecular weight is 418 g/mol. The molecular formula is C21H16ClN7O. The van der Waals surface area contributed by atoms with Crippen LogP contribution in [0.25, 0.3) is 16.7 Å². The molecule has 0 aliphatic heterocycles. The molecule has 8 nitrogen and oxygen atoms in total. The summed E-state index contributed by atoms with van der Waals surface area (Å²) in [4.78, 5) is 17.1. The third-order valence-corrected chi connectivity index (χ3v) is 4.85. The van der Waals surface area contributed by atoms with E-state index in [9.17, 15) is 0 Å². The van der Waals surface area contributed by atoms with Crippen molar-refractivity contribution in [2.24, 2.45) is 0 Å². The minimum atomic E-state index is 0.389. The van der Waals surface area contributed by atoms with Crippen molar-refractivity contribution >= 4 is 39.8 Å². The summed E-state index contributed by atoms with van der Waals surface area (Å²) in [6, 6.07) is 13.1. The number of nitrogens with zero attached hydrogens (tertiary/aromatic N) is 6. The molecule has 5 rings (SSSR count). The summed E-state index contributed by atoms with van der Waals surface area (Å²) < 4.78 is 7.86. The Hall–Kier alpha value is -3.78. The lowest BCUT2D eigenvalue weighted by Gasteiger charge is -2.13. The van der Waals surface area contributed by atoms with Gasteiger partial charge in [0.1, 0.15) is 34.8 Å². The van der Waals surface area contributed by atoms with E-state index in [-0.39, 0.29) is 0 Å². The van der Waals surface area contributed by atoms with Crippen molar-refractivity contribution in [3.05, 3.63) is 71.5 Å². The number of ether oxygens (including phenoxy) is 1. The number of hydrogen-bond acceptors (Lipinski definition) is 7. The summed E-state index contributed by atoms with van der Waals surface area (Å²) in [6.07, 6.45) is 3.02. The molecule has 0 saturated carbocycles. The molecule has 0 aliphatic rings. The first kappa shape index (κ1) is 18.3. The summed E-state index contributed by atoms with van der Waals surface area (Å²) in [7, 11) is 0. The zero-order valence-corrected chi connectivity index (χ0v) is 16.9. The number of aromatic nitrogens is 6. The highest BCUT2D eigenvalue weighted by molar-refractivity contribution is 6.29. The molecule has 4 aromatic heterocycles. The Balaban J connectivity index is 1.43. The molecule has 0 bridgehead atoms. The number of hydrogen-bond donors (Lipinski definition) is 1. The van der Waals surface area contributed by atoms with Crippen LogP contribution in [0.15, 0.2) is 55.1 Å². The van der Waals surface area contributed by atoms with Crippen LogP contribution in [0.5, 0.6) is 11.5 Å². The fourth-order valence-electron chi connectivity index (χ4n) is 3.23. The summed E-state index contributed by atoms with van der Waals surface area (Å²) in [5, 5.41) is 7.86. The van der Waals surface area contributed by atoms with E-state index >= 15 is 0 Å². The maximum atomic E-state index is 6.09. The van der Waals surface area contributed by atoms with E-state index in [1.54, 1.807) is 10.6 Å². The van der Waals surface area contributed by atoms with Gasteiger partial charge in [0.25, 0.3) is 0 Å². The molecule has 4 heterocycles. The molecule has 0 radical (unpaired) electrons. The van der Waals surface area contributed by atoms with Crippen molar-refractivity contribution in [1.82, 2.24) is 29.5 Å². The van der Waals surface area contributed by atoms with Gasteiger partial charge in [-0.15, -0.1) is 0 Å². The van der Waals surface area contributed by atoms with Gasteiger partial charge in [-0.25, -0.2) is 24.5 Å². The molecule has 9 heteroatoms. The van der Waals surface area contributed by atoms with Crippen LogP contribution >= 0.6 is 11.6 Å². The molecule has 1 N–H and O–H groups in total. The van der Waals surface area contributed by atoms with E-state index in [2.05, 4.69) is 30.4 Å². The minimum absolute atomic E-state index is 0.389. The molecule has 5 aromatic rings. The Bertz CT molecular complexity index is 1400. The van der Waals surface area contributed by atoms with Crippen LogP contribution in [0.3, 0.4) is 0 Å². The predicted octanol–water partition coefficient (Wildman–Crippen LogP) is 4.87. The second kappa shape index (κ2) is 7.23. The summed E-state index contributed by atoms with van der Waals surface area (Å²) in [6.45, 7) is 3.94. The molecule has 0 aliphatic carbocycles. The zero-order chi connectivity index (χ0) is 20.7. The first-order valence-corrected chi connectivity index (χ1v) is 9.58. The monoisotopic (exact) mass is 417 g/mol. The fourth-order valence-corrected chi connectivity index (χ4v) is 3.38. The average Bonchev–Trinajstić information content (AvgIpc) is 3.20. The Morgan fingerprint density at radius 2 is 1.87 bits per heavy atom. The van der Waals surface area contributed by atoms with Crippen molar-refractivity contribution in [3.63, 3.8) is 0 Å². The third kappa shape index (κ3) is 3.37. The molecule has 0 unspecified atom stereocenters. The van der Waals surface area contributed by atoms with E-state index < -0.39 is 0 Å². The first-order chi connectivity index (χ1) is 14.6. The largest absolute Gasteiger partial charge is 0.457 e. The molecule has 0 spiro atoms. The van der Waals surface area contributed by atoms with Gasteiger partial charge in [0.15, 0.2) is 11.5 Å². The second-order valence-electron chi connectivity index (χ2n) is 6.79. The van der Waals surface area contributed by atoms with Crippen LogP contribution < -0.4 is 10.1 Å². The first-order valence-electron chi connectivity index (χ1n) is 9.20. The highest BCUT2D eigenvalue weighted by Crippen LogP contribution is 2.30. The van der Waals surface area contributed by atoms with Crippen LogP contribution in [0.2, 0.25) is 5.15 Å². The van der Waals surface area contributed by atoms with Crippen LogP contribution in [0.4, 0.5) is 11.5 Å². The van der Waals surface area contributed by atoms with E-state index in [0.717, 1.165) is 28.3 Å². The number of rotatable bonds is 4. The number of pyridine rings is 2.